The van der Waals surface area contributed by atoms with Crippen molar-refractivity contribution in [2.24, 2.45) is 0 Å². The zero-order valence-electron chi connectivity index (χ0n) is 14.5. The molecular weight excluding hydrogens is 340 g/mol. The molecule has 27 heavy (non-hydrogen) atoms. The van der Waals surface area contributed by atoms with Crippen LogP contribution in [0.25, 0.3) is 6.08 Å². The Morgan fingerprint density at radius 2 is 1.59 bits per heavy atom. The molecule has 0 atom stereocenters. The average molecular weight is 358 g/mol. The molecule has 0 aliphatic carbocycles. The van der Waals surface area contributed by atoms with Gasteiger partial charge in [-0.25, -0.2) is 0 Å². The van der Waals surface area contributed by atoms with Gasteiger partial charge in [0.1, 0.15) is 0 Å². The Hall–Kier alpha value is -3.73. The minimum absolute atomic E-state index is 0.0361. The second-order valence-corrected chi connectivity index (χ2v) is 5.96. The Kier molecular flexibility index (Phi) is 5.74. The number of hydrogen-bond donors (Lipinski definition) is 1. The minimum Gasteiger partial charge on any atom is -0.322 e. The van der Waals surface area contributed by atoms with Crippen molar-refractivity contribution in [1.82, 2.24) is 0 Å². The summed E-state index contributed by atoms with van der Waals surface area (Å²) in [4.78, 5) is 22.9. The standard InChI is InChI=1S/C22H18N2O3/c25-22(15-14-18-10-5-7-13-21(18)24(26)27)23-20-12-6-4-11-19(20)16-17-8-2-1-3-9-17/h1-15H,16H2,(H,23,25)/b15-14+. The molecule has 3 aromatic rings. The summed E-state index contributed by atoms with van der Waals surface area (Å²) in [6.07, 6.45) is 3.46. The van der Waals surface area contributed by atoms with E-state index in [0.29, 0.717) is 12.0 Å². The SMILES string of the molecule is O=C(/C=C/c1ccccc1[N+](=O)[O-])Nc1ccccc1Cc1ccccc1. The molecule has 3 aromatic carbocycles. The maximum atomic E-state index is 12.3. The van der Waals surface area contributed by atoms with Crippen LogP contribution in [0.5, 0.6) is 0 Å². The van der Waals surface area contributed by atoms with Crippen LogP contribution in [-0.2, 0) is 11.2 Å². The zero-order valence-corrected chi connectivity index (χ0v) is 14.5. The third-order valence-corrected chi connectivity index (χ3v) is 4.06. The zero-order chi connectivity index (χ0) is 19.1. The lowest BCUT2D eigenvalue weighted by Crippen LogP contribution is -2.10. The number of anilines is 1. The van der Waals surface area contributed by atoms with Gasteiger partial charge in [-0.1, -0.05) is 60.7 Å². The third kappa shape index (κ3) is 4.89. The first-order chi connectivity index (χ1) is 13.1. The molecule has 0 heterocycles. The van der Waals surface area contributed by atoms with Crippen molar-refractivity contribution in [3.63, 3.8) is 0 Å². The molecule has 3 rings (SSSR count). The molecule has 0 aromatic heterocycles. The van der Waals surface area contributed by atoms with E-state index in [9.17, 15) is 14.9 Å². The molecule has 0 spiro atoms. The van der Waals surface area contributed by atoms with E-state index in [1.54, 1.807) is 18.2 Å². The van der Waals surface area contributed by atoms with Gasteiger partial charge in [-0.15, -0.1) is 0 Å². The lowest BCUT2D eigenvalue weighted by molar-refractivity contribution is -0.385. The highest BCUT2D eigenvalue weighted by Gasteiger charge is 2.10. The molecule has 0 fully saturated rings. The summed E-state index contributed by atoms with van der Waals surface area (Å²) in [5.41, 5.74) is 3.21. The van der Waals surface area contributed by atoms with Gasteiger partial charge >= 0.3 is 0 Å². The summed E-state index contributed by atoms with van der Waals surface area (Å²) in [6, 6.07) is 23.9. The molecular formula is C22H18N2O3. The first-order valence-electron chi connectivity index (χ1n) is 8.48. The van der Waals surface area contributed by atoms with Crippen molar-refractivity contribution in [2.45, 2.75) is 6.42 Å². The predicted molar refractivity (Wildman–Crippen MR) is 106 cm³/mol. The topological polar surface area (TPSA) is 72.2 Å². The van der Waals surface area contributed by atoms with Crippen LogP contribution < -0.4 is 5.32 Å². The summed E-state index contributed by atoms with van der Waals surface area (Å²) in [5.74, 6) is -0.339. The van der Waals surface area contributed by atoms with Crippen molar-refractivity contribution in [1.29, 1.82) is 0 Å². The quantitative estimate of drug-likeness (QED) is 0.389. The average Bonchev–Trinajstić information content (AvgIpc) is 2.69. The smallest absolute Gasteiger partial charge is 0.276 e. The van der Waals surface area contributed by atoms with Gasteiger partial charge in [0.25, 0.3) is 5.69 Å². The van der Waals surface area contributed by atoms with Crippen LogP contribution in [0.1, 0.15) is 16.7 Å². The fourth-order valence-corrected chi connectivity index (χ4v) is 2.75. The largest absolute Gasteiger partial charge is 0.322 e. The summed E-state index contributed by atoms with van der Waals surface area (Å²) in [5, 5.41) is 13.9. The minimum atomic E-state index is -0.466. The second kappa shape index (κ2) is 8.58. The maximum Gasteiger partial charge on any atom is 0.276 e. The highest BCUT2D eigenvalue weighted by atomic mass is 16.6. The van der Waals surface area contributed by atoms with E-state index in [-0.39, 0.29) is 11.6 Å². The van der Waals surface area contributed by atoms with Gasteiger partial charge in [0.05, 0.1) is 10.5 Å². The monoisotopic (exact) mass is 358 g/mol. The molecule has 0 saturated heterocycles. The Balaban J connectivity index is 1.74. The van der Waals surface area contributed by atoms with Crippen LogP contribution in [0.2, 0.25) is 0 Å². The van der Waals surface area contributed by atoms with Crippen molar-refractivity contribution in [3.05, 3.63) is 112 Å². The number of nitrogens with one attached hydrogen (secondary N) is 1. The normalized spacial score (nSPS) is 10.7. The number of nitro benzene ring substituents is 1. The second-order valence-electron chi connectivity index (χ2n) is 5.96. The van der Waals surface area contributed by atoms with Gasteiger partial charge < -0.3 is 5.32 Å². The number of nitrogens with zero attached hydrogens (tertiary/aromatic N) is 1. The van der Waals surface area contributed by atoms with Crippen LogP contribution in [0, 0.1) is 10.1 Å². The number of hydrogen-bond acceptors (Lipinski definition) is 3. The first kappa shape index (κ1) is 18.1. The van der Waals surface area contributed by atoms with E-state index in [1.807, 2.05) is 54.6 Å². The highest BCUT2D eigenvalue weighted by Crippen LogP contribution is 2.21. The number of amides is 1. The summed E-state index contributed by atoms with van der Waals surface area (Å²) in [6.45, 7) is 0. The Morgan fingerprint density at radius 3 is 2.37 bits per heavy atom. The van der Waals surface area contributed by atoms with Crippen LogP contribution in [0.15, 0.2) is 84.9 Å². The van der Waals surface area contributed by atoms with E-state index >= 15 is 0 Å². The molecule has 0 radical (unpaired) electrons. The number of carbonyl (C=O) groups excluding carboxylic acids is 1. The van der Waals surface area contributed by atoms with Gasteiger partial charge in [0, 0.05) is 17.8 Å². The summed E-state index contributed by atoms with van der Waals surface area (Å²) >= 11 is 0. The van der Waals surface area contributed by atoms with E-state index < -0.39 is 4.92 Å². The van der Waals surface area contributed by atoms with Crippen LogP contribution in [0.4, 0.5) is 11.4 Å². The van der Waals surface area contributed by atoms with Gasteiger partial charge in [0.2, 0.25) is 5.91 Å². The van der Waals surface area contributed by atoms with Crippen LogP contribution >= 0.6 is 0 Å². The van der Waals surface area contributed by atoms with E-state index in [0.717, 1.165) is 16.8 Å². The lowest BCUT2D eigenvalue weighted by atomic mass is 10.0. The number of rotatable bonds is 6. The van der Waals surface area contributed by atoms with Crippen molar-refractivity contribution >= 4 is 23.4 Å². The molecule has 0 unspecified atom stereocenters. The van der Waals surface area contributed by atoms with Gasteiger partial charge in [-0.2, -0.15) is 0 Å². The molecule has 5 nitrogen and oxygen atoms in total. The molecule has 5 heteroatoms. The highest BCUT2D eigenvalue weighted by molar-refractivity contribution is 6.02. The van der Waals surface area contributed by atoms with Crippen molar-refractivity contribution in [2.75, 3.05) is 5.32 Å². The number of nitro groups is 1. The molecule has 0 aliphatic rings. The van der Waals surface area contributed by atoms with E-state index in [4.69, 9.17) is 0 Å². The van der Waals surface area contributed by atoms with E-state index in [1.165, 1.54) is 18.2 Å². The molecule has 1 N–H and O–H groups in total. The number of benzene rings is 3. The van der Waals surface area contributed by atoms with E-state index in [2.05, 4.69) is 5.32 Å². The first-order valence-corrected chi connectivity index (χ1v) is 8.48. The van der Waals surface area contributed by atoms with Crippen molar-refractivity contribution < 1.29 is 9.72 Å². The van der Waals surface area contributed by atoms with Crippen molar-refractivity contribution in [3.8, 4) is 0 Å². The Morgan fingerprint density at radius 1 is 0.926 bits per heavy atom. The number of carbonyl (C=O) groups is 1. The predicted octanol–water partition coefficient (Wildman–Crippen LogP) is 4.84. The van der Waals surface area contributed by atoms with Gasteiger partial charge in [-0.05, 0) is 35.8 Å². The Labute approximate surface area is 157 Å². The third-order valence-electron chi connectivity index (χ3n) is 4.06. The Bertz CT molecular complexity index is 982. The number of para-hydroxylation sites is 2. The molecule has 0 saturated carbocycles. The van der Waals surface area contributed by atoms with Crippen LogP contribution in [-0.4, -0.2) is 10.8 Å². The summed E-state index contributed by atoms with van der Waals surface area (Å²) < 4.78 is 0. The molecule has 0 aliphatic heterocycles. The van der Waals surface area contributed by atoms with Gasteiger partial charge in [0.15, 0.2) is 0 Å². The molecule has 1 amide bonds. The fourth-order valence-electron chi connectivity index (χ4n) is 2.75. The molecule has 134 valence electrons. The van der Waals surface area contributed by atoms with Crippen LogP contribution in [0.3, 0.4) is 0 Å². The molecule has 0 bridgehead atoms. The fraction of sp³-hybridized carbons (Fsp3) is 0.0455. The summed E-state index contributed by atoms with van der Waals surface area (Å²) in [7, 11) is 0. The lowest BCUT2D eigenvalue weighted by Gasteiger charge is -2.10. The maximum absolute atomic E-state index is 12.3. The van der Waals surface area contributed by atoms with Gasteiger partial charge in [-0.3, -0.25) is 14.9 Å².